The van der Waals surface area contributed by atoms with Crippen molar-refractivity contribution in [2.75, 3.05) is 7.11 Å². The molecule has 0 aliphatic rings. The number of aliphatic hydroxyl groups is 1. The fraction of sp³-hybridized carbons (Fsp3) is 0.250. The highest BCUT2D eigenvalue weighted by Crippen LogP contribution is 2.19. The fourth-order valence-electron chi connectivity index (χ4n) is 0.619. The molecule has 0 saturated carbocycles. The summed E-state index contributed by atoms with van der Waals surface area (Å²) in [6.45, 7) is 1.86. The SMILES string of the molecule is CO.Cc1cc(Br)ccc1O. The highest BCUT2D eigenvalue weighted by Gasteiger charge is 1.92. The minimum Gasteiger partial charge on any atom is -0.508 e. The Kier molecular flexibility index (Phi) is 4.90. The third-order valence-electron chi connectivity index (χ3n) is 1.16. The van der Waals surface area contributed by atoms with Gasteiger partial charge >= 0.3 is 0 Å². The van der Waals surface area contributed by atoms with E-state index in [-0.39, 0.29) is 0 Å². The second-order valence-corrected chi connectivity index (χ2v) is 2.85. The van der Waals surface area contributed by atoms with E-state index in [4.69, 9.17) is 10.2 Å². The van der Waals surface area contributed by atoms with E-state index in [1.165, 1.54) is 0 Å². The molecule has 0 unspecified atom stereocenters. The largest absolute Gasteiger partial charge is 0.508 e. The summed E-state index contributed by atoms with van der Waals surface area (Å²) in [6.07, 6.45) is 0. The molecular weight excluding hydrogens is 208 g/mol. The number of aliphatic hydroxyl groups excluding tert-OH is 1. The highest BCUT2D eigenvalue weighted by molar-refractivity contribution is 9.10. The van der Waals surface area contributed by atoms with Gasteiger partial charge in [0.15, 0.2) is 0 Å². The predicted octanol–water partition coefficient (Wildman–Crippen LogP) is 2.07. The first-order chi connectivity index (χ1) is 5.20. The van der Waals surface area contributed by atoms with Crippen LogP contribution in [0.5, 0.6) is 5.75 Å². The molecule has 62 valence electrons. The zero-order valence-corrected chi connectivity index (χ0v) is 8.09. The van der Waals surface area contributed by atoms with Crippen molar-refractivity contribution in [3.05, 3.63) is 28.2 Å². The van der Waals surface area contributed by atoms with Crippen molar-refractivity contribution in [1.82, 2.24) is 0 Å². The monoisotopic (exact) mass is 218 g/mol. The number of halogens is 1. The first kappa shape index (κ1) is 10.5. The summed E-state index contributed by atoms with van der Waals surface area (Å²) >= 11 is 3.29. The third kappa shape index (κ3) is 3.39. The topological polar surface area (TPSA) is 40.5 Å². The maximum Gasteiger partial charge on any atom is 0.118 e. The van der Waals surface area contributed by atoms with Gasteiger partial charge < -0.3 is 10.2 Å². The van der Waals surface area contributed by atoms with Crippen molar-refractivity contribution in [3.8, 4) is 5.75 Å². The van der Waals surface area contributed by atoms with Crippen LogP contribution in [0.2, 0.25) is 0 Å². The molecular formula is C8H11BrO2. The lowest BCUT2D eigenvalue weighted by atomic mass is 10.2. The summed E-state index contributed by atoms with van der Waals surface area (Å²) in [5, 5.41) is 16.0. The van der Waals surface area contributed by atoms with Gasteiger partial charge in [-0.1, -0.05) is 15.9 Å². The average molecular weight is 219 g/mol. The smallest absolute Gasteiger partial charge is 0.118 e. The van der Waals surface area contributed by atoms with Gasteiger partial charge in [0.2, 0.25) is 0 Å². The number of hydrogen-bond donors (Lipinski definition) is 2. The molecule has 3 heteroatoms. The average Bonchev–Trinajstić information content (AvgIpc) is 2.02. The molecule has 1 aromatic rings. The van der Waals surface area contributed by atoms with E-state index in [0.717, 1.165) is 17.1 Å². The third-order valence-corrected chi connectivity index (χ3v) is 1.65. The van der Waals surface area contributed by atoms with Gasteiger partial charge in [-0.15, -0.1) is 0 Å². The van der Waals surface area contributed by atoms with E-state index in [1.807, 2.05) is 19.1 Å². The van der Waals surface area contributed by atoms with Crippen LogP contribution in [0.1, 0.15) is 5.56 Å². The van der Waals surface area contributed by atoms with Crippen molar-refractivity contribution in [2.24, 2.45) is 0 Å². The molecule has 2 nitrogen and oxygen atoms in total. The maximum atomic E-state index is 9.02. The molecule has 1 aromatic carbocycles. The minimum atomic E-state index is 0.346. The Morgan fingerprint density at radius 2 is 1.82 bits per heavy atom. The number of rotatable bonds is 0. The summed E-state index contributed by atoms with van der Waals surface area (Å²) in [4.78, 5) is 0. The van der Waals surface area contributed by atoms with Gasteiger partial charge in [0.25, 0.3) is 0 Å². The standard InChI is InChI=1S/C7H7BrO.CH4O/c1-5-4-6(8)2-3-7(5)9;1-2/h2-4,9H,1H3;2H,1H3. The molecule has 0 bridgehead atoms. The number of phenolic OH excluding ortho intramolecular Hbond substituents is 1. The molecule has 0 aromatic heterocycles. The fourth-order valence-corrected chi connectivity index (χ4v) is 1.09. The zero-order valence-electron chi connectivity index (χ0n) is 6.50. The van der Waals surface area contributed by atoms with Crippen LogP contribution in [0.15, 0.2) is 22.7 Å². The van der Waals surface area contributed by atoms with Crippen LogP contribution >= 0.6 is 15.9 Å². The Hall–Kier alpha value is -0.540. The van der Waals surface area contributed by atoms with Gasteiger partial charge in [-0.25, -0.2) is 0 Å². The lowest BCUT2D eigenvalue weighted by Gasteiger charge is -1.96. The number of benzene rings is 1. The molecule has 0 radical (unpaired) electrons. The van der Waals surface area contributed by atoms with E-state index < -0.39 is 0 Å². The Morgan fingerprint density at radius 3 is 2.18 bits per heavy atom. The van der Waals surface area contributed by atoms with Crippen LogP contribution in [0.4, 0.5) is 0 Å². The molecule has 2 N–H and O–H groups in total. The molecule has 0 heterocycles. The highest BCUT2D eigenvalue weighted by atomic mass is 79.9. The summed E-state index contributed by atoms with van der Waals surface area (Å²) in [5.41, 5.74) is 0.893. The van der Waals surface area contributed by atoms with Gasteiger partial charge in [-0.2, -0.15) is 0 Å². The van der Waals surface area contributed by atoms with Gasteiger partial charge in [0.05, 0.1) is 0 Å². The quantitative estimate of drug-likeness (QED) is 0.701. The van der Waals surface area contributed by atoms with Crippen LogP contribution in [-0.4, -0.2) is 17.3 Å². The number of aromatic hydroxyl groups is 1. The van der Waals surface area contributed by atoms with E-state index in [9.17, 15) is 0 Å². The van der Waals surface area contributed by atoms with Crippen molar-refractivity contribution < 1.29 is 10.2 Å². The molecule has 11 heavy (non-hydrogen) atoms. The van der Waals surface area contributed by atoms with Crippen LogP contribution in [0.25, 0.3) is 0 Å². The van der Waals surface area contributed by atoms with Crippen molar-refractivity contribution in [1.29, 1.82) is 0 Å². The summed E-state index contributed by atoms with van der Waals surface area (Å²) in [7, 11) is 1.00. The van der Waals surface area contributed by atoms with Crippen LogP contribution in [0.3, 0.4) is 0 Å². The van der Waals surface area contributed by atoms with Gasteiger partial charge in [-0.05, 0) is 30.7 Å². The molecule has 0 saturated heterocycles. The Bertz CT molecular complexity index is 223. The summed E-state index contributed by atoms with van der Waals surface area (Å²) < 4.78 is 0.998. The number of phenols is 1. The van der Waals surface area contributed by atoms with Crippen molar-refractivity contribution >= 4 is 15.9 Å². The maximum absolute atomic E-state index is 9.02. The van der Waals surface area contributed by atoms with E-state index in [2.05, 4.69) is 15.9 Å². The van der Waals surface area contributed by atoms with Crippen molar-refractivity contribution in [2.45, 2.75) is 6.92 Å². The number of aryl methyl sites for hydroxylation is 1. The van der Waals surface area contributed by atoms with Crippen molar-refractivity contribution in [3.63, 3.8) is 0 Å². The molecule has 0 atom stereocenters. The van der Waals surface area contributed by atoms with Gasteiger partial charge in [0.1, 0.15) is 5.75 Å². The normalized spacial score (nSPS) is 8.36. The molecule has 0 fully saturated rings. The Balaban J connectivity index is 0.000000461. The molecule has 0 amide bonds. The Morgan fingerprint density at radius 1 is 1.27 bits per heavy atom. The first-order valence-corrected chi connectivity index (χ1v) is 3.89. The summed E-state index contributed by atoms with van der Waals surface area (Å²) in [5.74, 6) is 0.346. The van der Waals surface area contributed by atoms with Crippen LogP contribution < -0.4 is 0 Å². The predicted molar refractivity (Wildman–Crippen MR) is 48.7 cm³/mol. The second kappa shape index (κ2) is 5.16. The Labute approximate surface area is 74.6 Å². The van der Waals surface area contributed by atoms with E-state index in [0.29, 0.717) is 5.75 Å². The van der Waals surface area contributed by atoms with Gasteiger partial charge in [-0.3, -0.25) is 0 Å². The molecule has 0 spiro atoms. The zero-order chi connectivity index (χ0) is 8.85. The van der Waals surface area contributed by atoms with Gasteiger partial charge in [0, 0.05) is 11.6 Å². The van der Waals surface area contributed by atoms with Crippen LogP contribution in [0, 0.1) is 6.92 Å². The summed E-state index contributed by atoms with van der Waals surface area (Å²) in [6, 6.07) is 5.34. The number of hydrogen-bond acceptors (Lipinski definition) is 2. The van der Waals surface area contributed by atoms with E-state index in [1.54, 1.807) is 6.07 Å². The van der Waals surface area contributed by atoms with E-state index >= 15 is 0 Å². The lowest BCUT2D eigenvalue weighted by Crippen LogP contribution is -1.72. The molecule has 0 aliphatic heterocycles. The molecule has 0 aliphatic carbocycles. The second-order valence-electron chi connectivity index (χ2n) is 1.93. The minimum absolute atomic E-state index is 0.346. The molecule has 1 rings (SSSR count). The van der Waals surface area contributed by atoms with Crippen LogP contribution in [-0.2, 0) is 0 Å². The lowest BCUT2D eigenvalue weighted by molar-refractivity contribution is 0.399. The first-order valence-electron chi connectivity index (χ1n) is 3.10.